The average molecular weight is 400 g/mol. The van der Waals surface area contributed by atoms with Gasteiger partial charge >= 0.3 is 11.9 Å². The topological polar surface area (TPSA) is 40.4 Å². The number of hydrogen-bond donors (Lipinski definition) is 0. The molecule has 0 spiro atoms. The van der Waals surface area contributed by atoms with Crippen LogP contribution in [0, 0.1) is 17.8 Å². The van der Waals surface area contributed by atoms with Crippen molar-refractivity contribution in [3.05, 3.63) is 88.5 Å². The molecule has 0 saturated carbocycles. The van der Waals surface area contributed by atoms with Crippen molar-refractivity contribution in [2.24, 2.45) is 5.92 Å². The van der Waals surface area contributed by atoms with Crippen LogP contribution in [0.15, 0.2) is 72.3 Å². The summed E-state index contributed by atoms with van der Waals surface area (Å²) in [6.07, 6.45) is 6.54. The van der Waals surface area contributed by atoms with Gasteiger partial charge in [-0.05, 0) is 42.8 Å². The van der Waals surface area contributed by atoms with Crippen LogP contribution in [0.3, 0.4) is 0 Å². The molecule has 3 aliphatic rings. The Bertz CT molecular complexity index is 1190. The lowest BCUT2D eigenvalue weighted by atomic mass is 9.90. The van der Waals surface area contributed by atoms with Gasteiger partial charge in [0.1, 0.15) is 11.3 Å². The van der Waals surface area contributed by atoms with E-state index in [2.05, 4.69) is 11.8 Å². The van der Waals surface area contributed by atoms with Crippen molar-refractivity contribution in [2.75, 3.05) is 11.4 Å². The number of urea groups is 1. The zero-order chi connectivity index (χ0) is 20.0. The Morgan fingerprint density at radius 1 is 1.03 bits per heavy atom. The van der Waals surface area contributed by atoms with E-state index in [9.17, 15) is 9.59 Å². The molecule has 0 radical (unpaired) electrons. The molecule has 0 saturated heterocycles. The number of carbonyl (C=O) groups is 2. The first-order chi connectivity index (χ1) is 14.1. The van der Waals surface area contributed by atoms with E-state index in [1.807, 2.05) is 42.5 Å². The summed E-state index contributed by atoms with van der Waals surface area (Å²) in [5.41, 5.74) is 3.38. The first-order valence-corrected chi connectivity index (χ1v) is 9.79. The third-order valence-electron chi connectivity index (χ3n) is 5.36. The zero-order valence-electron chi connectivity index (χ0n) is 15.4. The molecule has 5 heteroatoms. The van der Waals surface area contributed by atoms with Crippen LogP contribution in [0.25, 0.3) is 0 Å². The summed E-state index contributed by atoms with van der Waals surface area (Å²) in [6.45, 7) is 0.600. The first kappa shape index (κ1) is 17.7. The third-order valence-corrected chi connectivity index (χ3v) is 5.66. The summed E-state index contributed by atoms with van der Waals surface area (Å²) in [6, 6.07) is 14.5. The Morgan fingerprint density at radius 3 is 2.62 bits per heavy atom. The molecule has 4 nitrogen and oxygen atoms in total. The summed E-state index contributed by atoms with van der Waals surface area (Å²) in [5.74, 6) is 5.95. The largest absolute Gasteiger partial charge is 0.506 e. The molecular formula is C24H16ClN2O2+. The van der Waals surface area contributed by atoms with Crippen molar-refractivity contribution in [2.45, 2.75) is 6.42 Å². The van der Waals surface area contributed by atoms with Crippen LogP contribution < -0.4 is 4.90 Å². The predicted molar refractivity (Wildman–Crippen MR) is 112 cm³/mol. The summed E-state index contributed by atoms with van der Waals surface area (Å²) in [7, 11) is 0. The van der Waals surface area contributed by atoms with Gasteiger partial charge in [0.2, 0.25) is 0 Å². The fraction of sp³-hybridized carbons (Fsp3) is 0.125. The highest BCUT2D eigenvalue weighted by Gasteiger charge is 2.51. The molecular weight excluding hydrogens is 384 g/mol. The minimum absolute atomic E-state index is 0.135. The van der Waals surface area contributed by atoms with Gasteiger partial charge in [-0.15, -0.1) is 4.90 Å². The van der Waals surface area contributed by atoms with Gasteiger partial charge in [0.05, 0.1) is 11.6 Å². The Kier molecular flexibility index (Phi) is 4.19. The molecule has 2 heterocycles. The van der Waals surface area contributed by atoms with E-state index in [0.29, 0.717) is 28.4 Å². The van der Waals surface area contributed by atoms with E-state index in [1.165, 1.54) is 4.90 Å². The van der Waals surface area contributed by atoms with Gasteiger partial charge in [-0.25, -0.2) is 4.79 Å². The number of amides is 3. The fourth-order valence-corrected chi connectivity index (χ4v) is 4.25. The molecule has 29 heavy (non-hydrogen) atoms. The standard InChI is InChI=1S/C24H16ClN2O2/c25-20-15-17(10-9-16-5-2-1-3-6-16)11-12-21(20)27-23(28)19-8-4-7-18-13-14-26(22(18)19)24(27)29/h1-8,11-12,15,18H,13-14H2/q+1. The zero-order valence-corrected chi connectivity index (χ0v) is 16.2. The quantitative estimate of drug-likeness (QED) is 0.533. The van der Waals surface area contributed by atoms with Gasteiger partial charge in [-0.1, -0.05) is 53.8 Å². The smallest absolute Gasteiger partial charge is 0.240 e. The Balaban J connectivity index is 1.51. The highest BCUT2D eigenvalue weighted by Crippen LogP contribution is 2.35. The van der Waals surface area contributed by atoms with Gasteiger partial charge in [-0.2, -0.15) is 9.37 Å². The normalized spacial score (nSPS) is 19.7. The van der Waals surface area contributed by atoms with E-state index >= 15 is 0 Å². The van der Waals surface area contributed by atoms with Gasteiger partial charge in [0.15, 0.2) is 5.69 Å². The number of carbonyl (C=O) groups excluding carboxylic acids is 2. The van der Waals surface area contributed by atoms with Crippen molar-refractivity contribution in [3.63, 3.8) is 0 Å². The summed E-state index contributed by atoms with van der Waals surface area (Å²) < 4.78 is 1.70. The Hall–Kier alpha value is -3.42. The fourth-order valence-electron chi connectivity index (χ4n) is 3.98. The molecule has 0 fully saturated rings. The molecule has 0 N–H and O–H groups in total. The molecule has 0 bridgehead atoms. The molecule has 1 atom stereocenters. The highest BCUT2D eigenvalue weighted by molar-refractivity contribution is 6.39. The molecule has 140 valence electrons. The van der Waals surface area contributed by atoms with Crippen LogP contribution in [0.2, 0.25) is 5.02 Å². The van der Waals surface area contributed by atoms with Crippen molar-refractivity contribution in [1.29, 1.82) is 0 Å². The number of nitrogens with zero attached hydrogens (tertiary/aromatic N) is 2. The molecule has 2 aromatic rings. The van der Waals surface area contributed by atoms with Crippen LogP contribution in [0.1, 0.15) is 17.5 Å². The SMILES string of the molecule is O=C1C2=CC=CC3CC[N+](=C23)C(=O)N1c1ccc(C#Cc2ccccc2)cc1Cl. The van der Waals surface area contributed by atoms with E-state index in [-0.39, 0.29) is 17.9 Å². The number of allylic oxidation sites excluding steroid dienone is 3. The van der Waals surface area contributed by atoms with Crippen molar-refractivity contribution >= 4 is 34.9 Å². The van der Waals surface area contributed by atoms with Crippen molar-refractivity contribution in [1.82, 2.24) is 0 Å². The maximum absolute atomic E-state index is 13.1. The van der Waals surface area contributed by atoms with E-state index in [1.54, 1.807) is 28.9 Å². The maximum atomic E-state index is 13.1. The monoisotopic (exact) mass is 399 g/mol. The van der Waals surface area contributed by atoms with E-state index < -0.39 is 0 Å². The molecule has 1 aliphatic carbocycles. The Morgan fingerprint density at radius 2 is 1.83 bits per heavy atom. The van der Waals surface area contributed by atoms with Gasteiger partial charge in [0.25, 0.3) is 0 Å². The van der Waals surface area contributed by atoms with Crippen LogP contribution in [0.4, 0.5) is 10.5 Å². The molecule has 1 unspecified atom stereocenters. The second-order valence-electron chi connectivity index (χ2n) is 7.10. The summed E-state index contributed by atoms with van der Waals surface area (Å²) in [4.78, 5) is 27.3. The lowest BCUT2D eigenvalue weighted by Gasteiger charge is -2.23. The average Bonchev–Trinajstić information content (AvgIpc) is 3.18. The molecule has 3 amide bonds. The number of halogens is 1. The van der Waals surface area contributed by atoms with Crippen LogP contribution in [-0.2, 0) is 4.79 Å². The van der Waals surface area contributed by atoms with Gasteiger partial charge in [-0.3, -0.25) is 0 Å². The minimum Gasteiger partial charge on any atom is -0.240 e. The predicted octanol–water partition coefficient (Wildman–Crippen LogP) is 4.18. The lowest BCUT2D eigenvalue weighted by Crippen LogP contribution is -2.51. The molecule has 0 aromatic heterocycles. The number of imide groups is 1. The van der Waals surface area contributed by atoms with E-state index in [4.69, 9.17) is 11.6 Å². The minimum atomic E-state index is -0.343. The van der Waals surface area contributed by atoms with Crippen LogP contribution in [0.5, 0.6) is 0 Å². The summed E-state index contributed by atoms with van der Waals surface area (Å²) >= 11 is 6.48. The second kappa shape index (κ2) is 6.88. The van der Waals surface area contributed by atoms with Gasteiger partial charge in [0, 0.05) is 17.0 Å². The molecule has 5 rings (SSSR count). The maximum Gasteiger partial charge on any atom is 0.506 e. The lowest BCUT2D eigenvalue weighted by molar-refractivity contribution is -0.417. The second-order valence-corrected chi connectivity index (χ2v) is 7.51. The number of hydrogen-bond acceptors (Lipinski definition) is 2. The van der Waals surface area contributed by atoms with Crippen LogP contribution >= 0.6 is 11.6 Å². The number of anilines is 1. The van der Waals surface area contributed by atoms with Crippen molar-refractivity contribution < 1.29 is 14.2 Å². The van der Waals surface area contributed by atoms with Crippen molar-refractivity contribution in [3.8, 4) is 11.8 Å². The number of benzene rings is 2. The van der Waals surface area contributed by atoms with E-state index in [0.717, 1.165) is 17.7 Å². The molecule has 2 aliphatic heterocycles. The first-order valence-electron chi connectivity index (χ1n) is 9.42. The Labute approximate surface area is 173 Å². The van der Waals surface area contributed by atoms with Crippen LogP contribution in [-0.4, -0.2) is 28.8 Å². The molecule has 2 aromatic carbocycles. The number of rotatable bonds is 1. The van der Waals surface area contributed by atoms with Gasteiger partial charge < -0.3 is 0 Å². The third kappa shape index (κ3) is 2.91. The summed E-state index contributed by atoms with van der Waals surface area (Å²) in [5, 5.41) is 0.317. The highest BCUT2D eigenvalue weighted by atomic mass is 35.5.